The van der Waals surface area contributed by atoms with Gasteiger partial charge in [0.25, 0.3) is 0 Å². The van der Waals surface area contributed by atoms with Gasteiger partial charge in [-0.2, -0.15) is 0 Å². The summed E-state index contributed by atoms with van der Waals surface area (Å²) in [4.78, 5) is 38.9. The second-order valence-corrected chi connectivity index (χ2v) is 8.21. The van der Waals surface area contributed by atoms with Crippen LogP contribution in [0.3, 0.4) is 0 Å². The largest absolute Gasteiger partial charge is 0.368 e. The van der Waals surface area contributed by atoms with Gasteiger partial charge in [-0.3, -0.25) is 14.4 Å². The standard InChI is InChI=1S/C25H29N3O3/c1-16(2)24(25(26)31)27-22(29)12-13-23(30)28-15-19-9-5-4-8-18(19)14-17(3)20-10-6-7-11-21(20)28/h4-11,14,16,24H,12-13,15H2,1-3H3,(H2,26,31)(H,27,29)/b17-14-/t24-/m0/s1. The lowest BCUT2D eigenvalue weighted by molar-refractivity contribution is -0.129. The monoisotopic (exact) mass is 419 g/mol. The number of rotatable bonds is 6. The minimum absolute atomic E-state index is 0.00946. The number of nitrogens with zero attached hydrogens (tertiary/aromatic N) is 1. The second-order valence-electron chi connectivity index (χ2n) is 8.21. The molecule has 1 heterocycles. The fourth-order valence-corrected chi connectivity index (χ4v) is 3.82. The Morgan fingerprint density at radius 3 is 2.42 bits per heavy atom. The molecule has 6 heteroatoms. The van der Waals surface area contributed by atoms with Crippen LogP contribution in [0.25, 0.3) is 11.6 Å². The number of fused-ring (bicyclic) bond motifs is 2. The summed E-state index contributed by atoms with van der Waals surface area (Å²) in [6.07, 6.45) is 2.17. The highest BCUT2D eigenvalue weighted by atomic mass is 16.2. The van der Waals surface area contributed by atoms with E-state index in [0.717, 1.165) is 28.0 Å². The van der Waals surface area contributed by atoms with E-state index in [-0.39, 0.29) is 30.6 Å². The van der Waals surface area contributed by atoms with Crippen molar-refractivity contribution in [1.82, 2.24) is 5.32 Å². The summed E-state index contributed by atoms with van der Waals surface area (Å²) in [5, 5.41) is 2.65. The number of anilines is 1. The molecule has 0 spiro atoms. The maximum atomic E-state index is 13.2. The highest BCUT2D eigenvalue weighted by Crippen LogP contribution is 2.33. The lowest BCUT2D eigenvalue weighted by Crippen LogP contribution is -2.47. The van der Waals surface area contributed by atoms with Crippen molar-refractivity contribution in [1.29, 1.82) is 0 Å². The number of carbonyl (C=O) groups is 3. The fraction of sp³-hybridized carbons (Fsp3) is 0.320. The average Bonchev–Trinajstić information content (AvgIpc) is 2.73. The molecule has 0 aromatic heterocycles. The molecule has 0 radical (unpaired) electrons. The second kappa shape index (κ2) is 9.60. The first-order chi connectivity index (χ1) is 14.8. The molecule has 3 N–H and O–H groups in total. The van der Waals surface area contributed by atoms with Crippen LogP contribution in [-0.4, -0.2) is 23.8 Å². The van der Waals surface area contributed by atoms with Crippen LogP contribution in [0.2, 0.25) is 0 Å². The predicted octanol–water partition coefficient (Wildman–Crippen LogP) is 3.50. The molecule has 31 heavy (non-hydrogen) atoms. The zero-order chi connectivity index (χ0) is 22.5. The molecule has 0 bridgehead atoms. The lowest BCUT2D eigenvalue weighted by atomic mass is 9.96. The SMILES string of the molecule is C/C1=C/c2ccccc2CN(C(=O)CCC(=O)N[C@H](C(N)=O)C(C)C)c2ccccc21. The summed E-state index contributed by atoms with van der Waals surface area (Å²) in [5.74, 6) is -1.20. The molecule has 1 aliphatic heterocycles. The molecule has 0 saturated carbocycles. The minimum atomic E-state index is -0.746. The summed E-state index contributed by atoms with van der Waals surface area (Å²) in [6.45, 7) is 6.08. The molecule has 162 valence electrons. The summed E-state index contributed by atoms with van der Waals surface area (Å²) in [7, 11) is 0. The molecule has 0 aliphatic carbocycles. The molecule has 1 atom stereocenters. The van der Waals surface area contributed by atoms with Crippen LogP contribution >= 0.6 is 0 Å². The van der Waals surface area contributed by atoms with Gasteiger partial charge < -0.3 is 16.0 Å². The zero-order valence-corrected chi connectivity index (χ0v) is 18.2. The first-order valence-electron chi connectivity index (χ1n) is 10.5. The third-order valence-corrected chi connectivity index (χ3v) is 5.53. The summed E-state index contributed by atoms with van der Waals surface area (Å²) in [5.41, 5.74) is 10.4. The highest BCUT2D eigenvalue weighted by molar-refractivity contribution is 6.00. The van der Waals surface area contributed by atoms with Gasteiger partial charge in [-0.15, -0.1) is 0 Å². The highest BCUT2D eigenvalue weighted by Gasteiger charge is 2.25. The normalized spacial score (nSPS) is 15.6. The van der Waals surface area contributed by atoms with Gasteiger partial charge >= 0.3 is 0 Å². The molecule has 3 amide bonds. The van der Waals surface area contributed by atoms with E-state index < -0.39 is 11.9 Å². The van der Waals surface area contributed by atoms with Crippen LogP contribution in [0.1, 0.15) is 50.3 Å². The molecule has 0 unspecified atom stereocenters. The number of benzene rings is 2. The van der Waals surface area contributed by atoms with E-state index in [1.54, 1.807) is 4.90 Å². The number of hydrogen-bond acceptors (Lipinski definition) is 3. The van der Waals surface area contributed by atoms with Gasteiger partial charge in [0.05, 0.1) is 12.2 Å². The Morgan fingerprint density at radius 1 is 1.03 bits per heavy atom. The van der Waals surface area contributed by atoms with Crippen molar-refractivity contribution in [3.63, 3.8) is 0 Å². The summed E-state index contributed by atoms with van der Waals surface area (Å²) >= 11 is 0. The maximum absolute atomic E-state index is 13.2. The van der Waals surface area contributed by atoms with Crippen molar-refractivity contribution in [3.05, 3.63) is 65.2 Å². The number of amides is 3. The Morgan fingerprint density at radius 2 is 1.71 bits per heavy atom. The number of carbonyl (C=O) groups excluding carboxylic acids is 3. The number of para-hydroxylation sites is 1. The number of hydrogen-bond donors (Lipinski definition) is 2. The predicted molar refractivity (Wildman–Crippen MR) is 123 cm³/mol. The van der Waals surface area contributed by atoms with Crippen molar-refractivity contribution in [2.75, 3.05) is 4.90 Å². The minimum Gasteiger partial charge on any atom is -0.368 e. The van der Waals surface area contributed by atoms with Crippen molar-refractivity contribution in [3.8, 4) is 0 Å². The van der Waals surface area contributed by atoms with Crippen LogP contribution in [-0.2, 0) is 20.9 Å². The molecule has 2 aromatic carbocycles. The van der Waals surface area contributed by atoms with Gasteiger partial charge in [-0.25, -0.2) is 0 Å². The smallest absolute Gasteiger partial charge is 0.240 e. The molecule has 0 fully saturated rings. The van der Waals surface area contributed by atoms with E-state index in [1.807, 2.05) is 69.3 Å². The van der Waals surface area contributed by atoms with Gasteiger partial charge in [0.1, 0.15) is 6.04 Å². The molecule has 1 aliphatic rings. The first kappa shape index (κ1) is 22.3. The van der Waals surface area contributed by atoms with E-state index in [0.29, 0.717) is 6.54 Å². The van der Waals surface area contributed by atoms with E-state index in [2.05, 4.69) is 11.4 Å². The number of primary amides is 1. The Labute approximate surface area is 183 Å². The van der Waals surface area contributed by atoms with Crippen molar-refractivity contribution in [2.24, 2.45) is 11.7 Å². The van der Waals surface area contributed by atoms with Crippen LogP contribution in [0, 0.1) is 5.92 Å². The first-order valence-corrected chi connectivity index (χ1v) is 10.5. The van der Waals surface area contributed by atoms with E-state index in [1.165, 1.54) is 0 Å². The number of nitrogens with two attached hydrogens (primary N) is 1. The van der Waals surface area contributed by atoms with Crippen molar-refractivity contribution < 1.29 is 14.4 Å². The zero-order valence-electron chi connectivity index (χ0n) is 18.2. The van der Waals surface area contributed by atoms with E-state index in [9.17, 15) is 14.4 Å². The van der Waals surface area contributed by atoms with Gasteiger partial charge in [-0.1, -0.05) is 62.4 Å². The molecule has 0 saturated heterocycles. The van der Waals surface area contributed by atoms with Crippen LogP contribution in [0.15, 0.2) is 48.5 Å². The Balaban J connectivity index is 1.82. The van der Waals surface area contributed by atoms with Crippen LogP contribution < -0.4 is 16.0 Å². The molecular weight excluding hydrogens is 390 g/mol. The van der Waals surface area contributed by atoms with Crippen LogP contribution in [0.4, 0.5) is 5.69 Å². The summed E-state index contributed by atoms with van der Waals surface area (Å²) < 4.78 is 0. The van der Waals surface area contributed by atoms with E-state index in [4.69, 9.17) is 5.73 Å². The van der Waals surface area contributed by atoms with Gasteiger partial charge in [0, 0.05) is 18.4 Å². The number of nitrogens with one attached hydrogen (secondary N) is 1. The van der Waals surface area contributed by atoms with Crippen molar-refractivity contribution >= 4 is 35.1 Å². The third kappa shape index (κ3) is 5.20. The van der Waals surface area contributed by atoms with E-state index >= 15 is 0 Å². The van der Waals surface area contributed by atoms with Gasteiger partial charge in [0.2, 0.25) is 17.7 Å². The topological polar surface area (TPSA) is 92.5 Å². The third-order valence-electron chi connectivity index (χ3n) is 5.53. The van der Waals surface area contributed by atoms with Gasteiger partial charge in [-0.05, 0) is 35.6 Å². The Bertz CT molecular complexity index is 1030. The quantitative estimate of drug-likeness (QED) is 0.751. The molecule has 6 nitrogen and oxygen atoms in total. The lowest BCUT2D eigenvalue weighted by Gasteiger charge is -2.28. The Kier molecular flexibility index (Phi) is 6.90. The maximum Gasteiger partial charge on any atom is 0.240 e. The molecule has 2 aromatic rings. The van der Waals surface area contributed by atoms with Gasteiger partial charge in [0.15, 0.2) is 0 Å². The average molecular weight is 420 g/mol. The number of allylic oxidation sites excluding steroid dienone is 1. The molecule has 3 rings (SSSR count). The molecular formula is C25H29N3O3. The Hall–Kier alpha value is -3.41. The van der Waals surface area contributed by atoms with Crippen molar-refractivity contribution in [2.45, 2.75) is 46.2 Å². The summed E-state index contributed by atoms with van der Waals surface area (Å²) in [6, 6.07) is 15.0. The van der Waals surface area contributed by atoms with Crippen LogP contribution in [0.5, 0.6) is 0 Å². The fourth-order valence-electron chi connectivity index (χ4n) is 3.82.